The number of anilines is 1. The lowest BCUT2D eigenvalue weighted by molar-refractivity contribution is 0.784. The van der Waals surface area contributed by atoms with Crippen LogP contribution in [0.5, 0.6) is 0 Å². The van der Waals surface area contributed by atoms with Gasteiger partial charge in [0.2, 0.25) is 0 Å². The second-order valence-electron chi connectivity index (χ2n) is 5.45. The second-order valence-corrected chi connectivity index (χ2v) is 6.30. The van der Waals surface area contributed by atoms with E-state index in [4.69, 9.17) is 0 Å². The van der Waals surface area contributed by atoms with E-state index in [1.165, 1.54) is 18.5 Å². The lowest BCUT2D eigenvalue weighted by atomic mass is 10.1. The summed E-state index contributed by atoms with van der Waals surface area (Å²) in [4.78, 5) is 6.97. The number of aryl methyl sites for hydroxylation is 1. The molecule has 112 valence electrons. The highest BCUT2D eigenvalue weighted by molar-refractivity contribution is 7.13. The lowest BCUT2D eigenvalue weighted by Crippen LogP contribution is -2.19. The maximum Gasteiger partial charge on any atom is 0.143 e. The molecule has 0 aliphatic carbocycles. The predicted molar refractivity (Wildman–Crippen MR) is 86.4 cm³/mol. The Kier molecular flexibility index (Phi) is 3.34. The molecule has 0 N–H and O–H groups in total. The van der Waals surface area contributed by atoms with E-state index in [-0.39, 0.29) is 0 Å². The molecule has 1 fully saturated rings. The highest BCUT2D eigenvalue weighted by Gasteiger charge is 2.18. The van der Waals surface area contributed by atoms with Crippen molar-refractivity contribution in [2.45, 2.75) is 19.8 Å². The highest BCUT2D eigenvalue weighted by Crippen LogP contribution is 2.32. The number of benzene rings is 1. The average molecular weight is 312 g/mol. The number of thiazole rings is 1. The maximum absolute atomic E-state index is 4.57. The standard InChI is InChI=1S/C15H16N6S/c1-11-9-22-15(17-11)12-4-5-13(20-6-2-3-7-20)14(8-12)21-10-16-18-19-21/h4-5,8-10H,2-3,6-7H2,1H3. The normalized spacial score (nSPS) is 14.7. The van der Waals surface area contributed by atoms with E-state index < -0.39 is 0 Å². The van der Waals surface area contributed by atoms with Gasteiger partial charge in [0.15, 0.2) is 0 Å². The molecule has 2 aromatic heterocycles. The molecule has 4 rings (SSSR count). The van der Waals surface area contributed by atoms with Crippen LogP contribution in [0.1, 0.15) is 18.5 Å². The molecule has 0 atom stereocenters. The molecule has 1 aliphatic heterocycles. The molecular formula is C15H16N6S. The van der Waals surface area contributed by atoms with Gasteiger partial charge in [-0.05, 0) is 48.4 Å². The molecule has 0 saturated carbocycles. The van der Waals surface area contributed by atoms with Crippen molar-refractivity contribution < 1.29 is 0 Å². The first-order valence-corrected chi connectivity index (χ1v) is 8.24. The minimum atomic E-state index is 1.01. The van der Waals surface area contributed by atoms with E-state index >= 15 is 0 Å². The van der Waals surface area contributed by atoms with Gasteiger partial charge >= 0.3 is 0 Å². The van der Waals surface area contributed by atoms with Gasteiger partial charge in [-0.15, -0.1) is 16.4 Å². The Hall–Kier alpha value is -2.28. The average Bonchev–Trinajstić information content (AvgIpc) is 3.29. The lowest BCUT2D eigenvalue weighted by Gasteiger charge is -2.21. The van der Waals surface area contributed by atoms with Crippen LogP contribution in [0.2, 0.25) is 0 Å². The van der Waals surface area contributed by atoms with Crippen LogP contribution in [-0.2, 0) is 0 Å². The van der Waals surface area contributed by atoms with Gasteiger partial charge in [-0.3, -0.25) is 0 Å². The Morgan fingerprint density at radius 2 is 2.00 bits per heavy atom. The molecule has 0 radical (unpaired) electrons. The number of hydrogen-bond acceptors (Lipinski definition) is 6. The zero-order valence-corrected chi connectivity index (χ0v) is 13.1. The van der Waals surface area contributed by atoms with E-state index in [0.29, 0.717) is 0 Å². The third-order valence-corrected chi connectivity index (χ3v) is 4.89. The number of nitrogens with zero attached hydrogens (tertiary/aromatic N) is 6. The summed E-state index contributed by atoms with van der Waals surface area (Å²) < 4.78 is 1.73. The van der Waals surface area contributed by atoms with E-state index in [2.05, 4.69) is 49.0 Å². The van der Waals surface area contributed by atoms with Crippen LogP contribution in [0.3, 0.4) is 0 Å². The van der Waals surface area contributed by atoms with E-state index in [1.54, 1.807) is 22.3 Å². The Labute approximate surface area is 132 Å². The fraction of sp³-hybridized carbons (Fsp3) is 0.333. The molecule has 3 aromatic rings. The van der Waals surface area contributed by atoms with Crippen molar-refractivity contribution in [2.75, 3.05) is 18.0 Å². The summed E-state index contributed by atoms with van der Waals surface area (Å²) in [5.74, 6) is 0. The Morgan fingerprint density at radius 3 is 2.68 bits per heavy atom. The third kappa shape index (κ3) is 2.37. The van der Waals surface area contributed by atoms with Gasteiger partial charge in [0.1, 0.15) is 11.3 Å². The van der Waals surface area contributed by atoms with Gasteiger partial charge in [0.05, 0.1) is 11.4 Å². The van der Waals surface area contributed by atoms with Gasteiger partial charge in [0.25, 0.3) is 0 Å². The Balaban J connectivity index is 1.82. The van der Waals surface area contributed by atoms with E-state index in [0.717, 1.165) is 35.0 Å². The summed E-state index contributed by atoms with van der Waals surface area (Å²) in [6.07, 6.45) is 4.12. The quantitative estimate of drug-likeness (QED) is 0.744. The largest absolute Gasteiger partial charge is 0.370 e. The Bertz CT molecular complexity index is 773. The van der Waals surface area contributed by atoms with Gasteiger partial charge in [0, 0.05) is 29.7 Å². The third-order valence-electron chi connectivity index (χ3n) is 3.88. The smallest absolute Gasteiger partial charge is 0.143 e. The van der Waals surface area contributed by atoms with Crippen molar-refractivity contribution in [1.29, 1.82) is 0 Å². The molecule has 7 heteroatoms. The monoisotopic (exact) mass is 312 g/mol. The molecule has 22 heavy (non-hydrogen) atoms. The summed E-state index contributed by atoms with van der Waals surface area (Å²) in [5, 5.41) is 14.7. The number of rotatable bonds is 3. The first-order chi connectivity index (χ1) is 10.8. The molecule has 1 aromatic carbocycles. The zero-order valence-electron chi connectivity index (χ0n) is 12.3. The molecule has 1 saturated heterocycles. The van der Waals surface area contributed by atoms with Crippen molar-refractivity contribution in [2.24, 2.45) is 0 Å². The number of tetrazole rings is 1. The Morgan fingerprint density at radius 1 is 1.14 bits per heavy atom. The van der Waals surface area contributed by atoms with Crippen LogP contribution < -0.4 is 4.90 Å². The first kappa shape index (κ1) is 13.4. The first-order valence-electron chi connectivity index (χ1n) is 7.36. The zero-order chi connectivity index (χ0) is 14.9. The molecule has 6 nitrogen and oxygen atoms in total. The van der Waals surface area contributed by atoms with Crippen molar-refractivity contribution in [1.82, 2.24) is 25.2 Å². The summed E-state index contributed by atoms with van der Waals surface area (Å²) >= 11 is 1.66. The van der Waals surface area contributed by atoms with Crippen LogP contribution in [0.25, 0.3) is 16.3 Å². The fourth-order valence-corrected chi connectivity index (χ4v) is 3.62. The van der Waals surface area contributed by atoms with Crippen LogP contribution in [0.4, 0.5) is 5.69 Å². The molecular weight excluding hydrogens is 296 g/mol. The maximum atomic E-state index is 4.57. The summed E-state index contributed by atoms with van der Waals surface area (Å²) in [7, 11) is 0. The molecule has 0 spiro atoms. The molecule has 3 heterocycles. The van der Waals surface area contributed by atoms with Crippen LogP contribution in [-0.4, -0.2) is 38.3 Å². The molecule has 0 unspecified atom stereocenters. The van der Waals surface area contributed by atoms with Gasteiger partial charge in [-0.2, -0.15) is 4.68 Å². The van der Waals surface area contributed by atoms with Gasteiger partial charge < -0.3 is 4.90 Å². The van der Waals surface area contributed by atoms with Gasteiger partial charge in [-0.25, -0.2) is 4.98 Å². The molecule has 0 amide bonds. The molecule has 0 bridgehead atoms. The summed E-state index contributed by atoms with van der Waals surface area (Å²) in [6, 6.07) is 6.43. The SMILES string of the molecule is Cc1csc(-c2ccc(N3CCCC3)c(-n3cnnn3)c2)n1. The van der Waals surface area contributed by atoms with Crippen LogP contribution >= 0.6 is 11.3 Å². The molecule has 1 aliphatic rings. The van der Waals surface area contributed by atoms with E-state index in [9.17, 15) is 0 Å². The van der Waals surface area contributed by atoms with Crippen LogP contribution in [0.15, 0.2) is 29.9 Å². The number of hydrogen-bond donors (Lipinski definition) is 0. The topological polar surface area (TPSA) is 59.7 Å². The second kappa shape index (κ2) is 5.49. The summed E-state index contributed by atoms with van der Waals surface area (Å²) in [5.41, 5.74) is 4.35. The fourth-order valence-electron chi connectivity index (χ4n) is 2.82. The minimum Gasteiger partial charge on any atom is -0.370 e. The highest BCUT2D eigenvalue weighted by atomic mass is 32.1. The van der Waals surface area contributed by atoms with Crippen LogP contribution in [0, 0.1) is 6.92 Å². The predicted octanol–water partition coefficient (Wildman–Crippen LogP) is 2.69. The summed E-state index contributed by atoms with van der Waals surface area (Å²) in [6.45, 7) is 4.19. The van der Waals surface area contributed by atoms with Crippen molar-refractivity contribution in [3.63, 3.8) is 0 Å². The van der Waals surface area contributed by atoms with Crippen molar-refractivity contribution in [3.8, 4) is 16.3 Å². The minimum absolute atomic E-state index is 1.01. The van der Waals surface area contributed by atoms with Gasteiger partial charge in [-0.1, -0.05) is 0 Å². The number of aromatic nitrogens is 5. The van der Waals surface area contributed by atoms with Crippen molar-refractivity contribution >= 4 is 17.0 Å². The van der Waals surface area contributed by atoms with Crippen molar-refractivity contribution in [3.05, 3.63) is 35.6 Å². The van der Waals surface area contributed by atoms with E-state index in [1.807, 2.05) is 6.92 Å².